The van der Waals surface area contributed by atoms with Crippen molar-refractivity contribution in [3.8, 4) is 5.75 Å². The van der Waals surface area contributed by atoms with Crippen molar-refractivity contribution in [3.63, 3.8) is 0 Å². The van der Waals surface area contributed by atoms with Gasteiger partial charge in [0.2, 0.25) is 0 Å². The Labute approximate surface area is 114 Å². The number of benzene rings is 2. The quantitative estimate of drug-likeness (QED) is 0.904. The Morgan fingerprint density at radius 3 is 2.61 bits per heavy atom. The largest absolute Gasteiger partial charge is 0.507 e. The smallest absolute Gasteiger partial charge is 0.129 e. The number of hydrogen-bond acceptors (Lipinski definition) is 2. The molecule has 0 unspecified atom stereocenters. The molecule has 4 heteroatoms. The van der Waals surface area contributed by atoms with Gasteiger partial charge in [0.1, 0.15) is 11.6 Å². The fourth-order valence-corrected chi connectivity index (χ4v) is 2.07. The van der Waals surface area contributed by atoms with Crippen LogP contribution in [-0.4, -0.2) is 5.11 Å². The molecule has 94 valence electrons. The molecule has 2 N–H and O–H groups in total. The highest BCUT2D eigenvalue weighted by molar-refractivity contribution is 9.10. The van der Waals surface area contributed by atoms with Crippen LogP contribution < -0.4 is 5.32 Å². The van der Waals surface area contributed by atoms with E-state index < -0.39 is 0 Å². The summed E-state index contributed by atoms with van der Waals surface area (Å²) in [6.07, 6.45) is 0. The molecule has 0 amide bonds. The molecule has 0 fully saturated rings. The van der Waals surface area contributed by atoms with Crippen LogP contribution in [0.15, 0.2) is 46.9 Å². The van der Waals surface area contributed by atoms with Gasteiger partial charge in [-0.15, -0.1) is 0 Å². The van der Waals surface area contributed by atoms with E-state index in [0.29, 0.717) is 23.1 Å². The SMILES string of the molecule is Oc1ccc(CNCc2ccccc2F)cc1Br. The summed E-state index contributed by atoms with van der Waals surface area (Å²) in [5.74, 6) is 0.0183. The minimum atomic E-state index is -0.197. The average Bonchev–Trinajstić information content (AvgIpc) is 2.36. The maximum atomic E-state index is 13.4. The maximum absolute atomic E-state index is 13.4. The molecular weight excluding hydrogens is 297 g/mol. The van der Waals surface area contributed by atoms with Crippen LogP contribution in [-0.2, 0) is 13.1 Å². The summed E-state index contributed by atoms with van der Waals surface area (Å²) in [5.41, 5.74) is 1.67. The third-order valence-corrected chi connectivity index (χ3v) is 3.25. The zero-order valence-electron chi connectivity index (χ0n) is 9.66. The number of halogens is 2. The molecule has 0 atom stereocenters. The zero-order chi connectivity index (χ0) is 13.0. The van der Waals surface area contributed by atoms with Crippen molar-refractivity contribution >= 4 is 15.9 Å². The van der Waals surface area contributed by atoms with Crippen molar-refractivity contribution in [3.05, 3.63) is 63.9 Å². The van der Waals surface area contributed by atoms with Gasteiger partial charge in [-0.25, -0.2) is 4.39 Å². The van der Waals surface area contributed by atoms with E-state index in [9.17, 15) is 9.50 Å². The summed E-state index contributed by atoms with van der Waals surface area (Å²) in [7, 11) is 0. The van der Waals surface area contributed by atoms with E-state index in [-0.39, 0.29) is 11.6 Å². The number of hydrogen-bond donors (Lipinski definition) is 2. The number of phenolic OH excluding ortho intramolecular Hbond substituents is 1. The van der Waals surface area contributed by atoms with Crippen LogP contribution in [0.25, 0.3) is 0 Å². The first-order chi connectivity index (χ1) is 8.66. The van der Waals surface area contributed by atoms with Crippen LogP contribution in [0.5, 0.6) is 5.75 Å². The Morgan fingerprint density at radius 1 is 1.11 bits per heavy atom. The third-order valence-electron chi connectivity index (χ3n) is 2.61. The molecule has 2 aromatic rings. The molecule has 2 rings (SSSR count). The lowest BCUT2D eigenvalue weighted by Gasteiger charge is -2.07. The Balaban J connectivity index is 1.92. The van der Waals surface area contributed by atoms with Gasteiger partial charge in [0.05, 0.1) is 4.47 Å². The maximum Gasteiger partial charge on any atom is 0.129 e. The topological polar surface area (TPSA) is 32.3 Å². The molecule has 2 aromatic carbocycles. The van der Waals surface area contributed by atoms with Crippen molar-refractivity contribution in [2.45, 2.75) is 13.1 Å². The average molecular weight is 310 g/mol. The zero-order valence-corrected chi connectivity index (χ0v) is 11.2. The standard InChI is InChI=1S/C14H13BrFNO/c15-12-7-10(5-6-14(12)18)8-17-9-11-3-1-2-4-13(11)16/h1-7,17-18H,8-9H2. The van der Waals surface area contributed by atoms with Gasteiger partial charge in [-0.3, -0.25) is 0 Å². The summed E-state index contributed by atoms with van der Waals surface area (Å²) >= 11 is 3.26. The lowest BCUT2D eigenvalue weighted by molar-refractivity contribution is 0.471. The molecule has 0 aliphatic carbocycles. The van der Waals surface area contributed by atoms with Crippen LogP contribution in [0.4, 0.5) is 4.39 Å². The molecule has 0 aromatic heterocycles. The van der Waals surface area contributed by atoms with Crippen molar-refractivity contribution in [2.75, 3.05) is 0 Å². The minimum absolute atomic E-state index is 0.197. The second kappa shape index (κ2) is 5.98. The first-order valence-corrected chi connectivity index (χ1v) is 6.37. The number of nitrogens with one attached hydrogen (secondary N) is 1. The van der Waals surface area contributed by atoms with E-state index >= 15 is 0 Å². The molecule has 0 aliphatic rings. The van der Waals surface area contributed by atoms with Crippen LogP contribution in [0, 0.1) is 5.82 Å². The fraction of sp³-hybridized carbons (Fsp3) is 0.143. The normalized spacial score (nSPS) is 10.6. The second-order valence-electron chi connectivity index (χ2n) is 3.98. The molecular formula is C14H13BrFNO. The highest BCUT2D eigenvalue weighted by Crippen LogP contribution is 2.24. The highest BCUT2D eigenvalue weighted by Gasteiger charge is 2.02. The van der Waals surface area contributed by atoms with E-state index in [0.717, 1.165) is 5.56 Å². The third kappa shape index (κ3) is 3.31. The molecule has 0 saturated heterocycles. The van der Waals surface area contributed by atoms with E-state index in [4.69, 9.17) is 0 Å². The first kappa shape index (κ1) is 13.1. The Morgan fingerprint density at radius 2 is 1.89 bits per heavy atom. The Hall–Kier alpha value is -1.39. The summed E-state index contributed by atoms with van der Waals surface area (Å²) in [4.78, 5) is 0. The van der Waals surface area contributed by atoms with Crippen LogP contribution in [0.3, 0.4) is 0 Å². The van der Waals surface area contributed by atoms with Gasteiger partial charge >= 0.3 is 0 Å². The molecule has 0 heterocycles. The summed E-state index contributed by atoms with van der Waals surface area (Å²) in [5, 5.41) is 12.5. The number of aromatic hydroxyl groups is 1. The van der Waals surface area contributed by atoms with Crippen molar-refractivity contribution in [2.24, 2.45) is 0 Å². The fourth-order valence-electron chi connectivity index (χ4n) is 1.64. The first-order valence-electron chi connectivity index (χ1n) is 5.58. The predicted molar refractivity (Wildman–Crippen MR) is 72.8 cm³/mol. The van der Waals surface area contributed by atoms with Crippen LogP contribution in [0.1, 0.15) is 11.1 Å². The Kier molecular flexibility index (Phi) is 4.33. The molecule has 0 bridgehead atoms. The summed E-state index contributed by atoms with van der Waals surface area (Å²) in [6, 6.07) is 12.0. The second-order valence-corrected chi connectivity index (χ2v) is 4.84. The van der Waals surface area contributed by atoms with Crippen LogP contribution >= 0.6 is 15.9 Å². The highest BCUT2D eigenvalue weighted by atomic mass is 79.9. The lowest BCUT2D eigenvalue weighted by atomic mass is 10.2. The predicted octanol–water partition coefficient (Wildman–Crippen LogP) is 3.58. The van der Waals surface area contributed by atoms with Crippen LogP contribution in [0.2, 0.25) is 0 Å². The minimum Gasteiger partial charge on any atom is -0.507 e. The molecule has 0 saturated carbocycles. The number of phenols is 1. The molecule has 18 heavy (non-hydrogen) atoms. The van der Waals surface area contributed by atoms with Gasteiger partial charge in [-0.05, 0) is 39.7 Å². The monoisotopic (exact) mass is 309 g/mol. The van der Waals surface area contributed by atoms with Gasteiger partial charge in [-0.1, -0.05) is 24.3 Å². The van der Waals surface area contributed by atoms with E-state index in [2.05, 4.69) is 21.2 Å². The van der Waals surface area contributed by atoms with E-state index in [1.54, 1.807) is 18.2 Å². The molecule has 2 nitrogen and oxygen atoms in total. The van der Waals surface area contributed by atoms with Gasteiger partial charge in [0.15, 0.2) is 0 Å². The number of rotatable bonds is 4. The molecule has 0 aliphatic heterocycles. The summed E-state index contributed by atoms with van der Waals surface area (Å²) in [6.45, 7) is 1.10. The van der Waals surface area contributed by atoms with E-state index in [1.807, 2.05) is 18.2 Å². The summed E-state index contributed by atoms with van der Waals surface area (Å²) < 4.78 is 14.0. The van der Waals surface area contributed by atoms with Crippen molar-refractivity contribution in [1.82, 2.24) is 5.32 Å². The molecule has 0 spiro atoms. The van der Waals surface area contributed by atoms with Crippen molar-refractivity contribution < 1.29 is 9.50 Å². The lowest BCUT2D eigenvalue weighted by Crippen LogP contribution is -2.13. The van der Waals surface area contributed by atoms with E-state index in [1.165, 1.54) is 6.07 Å². The van der Waals surface area contributed by atoms with Gasteiger partial charge in [-0.2, -0.15) is 0 Å². The van der Waals surface area contributed by atoms with Gasteiger partial charge in [0, 0.05) is 18.7 Å². The van der Waals surface area contributed by atoms with Gasteiger partial charge in [0.25, 0.3) is 0 Å². The molecule has 0 radical (unpaired) electrons. The van der Waals surface area contributed by atoms with Crippen molar-refractivity contribution in [1.29, 1.82) is 0 Å². The van der Waals surface area contributed by atoms with Gasteiger partial charge < -0.3 is 10.4 Å². The Bertz CT molecular complexity index is 545.